The average molecular weight is 362 g/mol. The highest BCUT2D eigenvalue weighted by Crippen LogP contribution is 2.18. The van der Waals surface area contributed by atoms with E-state index < -0.39 is 9.84 Å². The van der Waals surface area contributed by atoms with Crippen LogP contribution in [0.3, 0.4) is 0 Å². The second-order valence-corrected chi connectivity index (χ2v) is 8.18. The van der Waals surface area contributed by atoms with Gasteiger partial charge in [0.05, 0.1) is 23.8 Å². The fraction of sp³-hybridized carbons (Fsp3) is 0.412. The molecule has 1 aliphatic rings. The van der Waals surface area contributed by atoms with Gasteiger partial charge in [0.15, 0.2) is 9.84 Å². The highest BCUT2D eigenvalue weighted by atomic mass is 32.2. The van der Waals surface area contributed by atoms with E-state index in [2.05, 4.69) is 20.6 Å². The molecule has 0 aliphatic carbocycles. The lowest BCUT2D eigenvalue weighted by atomic mass is 10.1. The molecule has 2 heterocycles. The van der Waals surface area contributed by atoms with Crippen molar-refractivity contribution >= 4 is 21.5 Å². The topological polar surface area (TPSA) is 93.2 Å². The van der Waals surface area contributed by atoms with Crippen LogP contribution in [0.1, 0.15) is 16.8 Å². The molecule has 2 N–H and O–H groups in total. The van der Waals surface area contributed by atoms with Crippen LogP contribution in [0.5, 0.6) is 0 Å². The molecular weight excluding hydrogens is 340 g/mol. The van der Waals surface area contributed by atoms with E-state index in [1.54, 1.807) is 12.1 Å². The van der Waals surface area contributed by atoms with Gasteiger partial charge in [-0.05, 0) is 36.2 Å². The van der Waals surface area contributed by atoms with E-state index >= 15 is 0 Å². The molecule has 1 aromatic carbocycles. The Morgan fingerprint density at radius 1 is 1.28 bits per heavy atom. The third-order valence-corrected chi connectivity index (χ3v) is 5.57. The zero-order chi connectivity index (χ0) is 17.7. The zero-order valence-electron chi connectivity index (χ0n) is 14.2. The first-order chi connectivity index (χ1) is 12.1. The van der Waals surface area contributed by atoms with Crippen LogP contribution in [0.15, 0.2) is 30.5 Å². The van der Waals surface area contributed by atoms with Gasteiger partial charge in [-0.2, -0.15) is 0 Å². The Labute approximate surface area is 147 Å². The molecule has 2 aromatic rings. The third kappa shape index (κ3) is 4.97. The number of hydrogen-bond acceptors (Lipinski definition) is 7. The Bertz CT molecular complexity index is 822. The second-order valence-electron chi connectivity index (χ2n) is 6.00. The number of hydrogen-bond donors (Lipinski definition) is 2. The lowest BCUT2D eigenvalue weighted by Gasteiger charge is -2.16. The minimum Gasteiger partial charge on any atom is -0.384 e. The molecule has 1 aromatic heterocycles. The van der Waals surface area contributed by atoms with E-state index in [4.69, 9.17) is 4.74 Å². The van der Waals surface area contributed by atoms with Crippen LogP contribution in [0, 0.1) is 0 Å². The number of ether oxygens (including phenoxy) is 1. The summed E-state index contributed by atoms with van der Waals surface area (Å²) < 4.78 is 28.7. The summed E-state index contributed by atoms with van der Waals surface area (Å²) in [6.07, 6.45) is 2.81. The number of anilines is 2. The summed E-state index contributed by atoms with van der Waals surface area (Å²) in [5.74, 6) is 0.584. The van der Waals surface area contributed by atoms with Gasteiger partial charge in [-0.25, -0.2) is 18.4 Å². The summed E-state index contributed by atoms with van der Waals surface area (Å²) in [4.78, 5) is 8.87. The molecule has 0 fully saturated rings. The molecule has 3 rings (SSSR count). The van der Waals surface area contributed by atoms with Gasteiger partial charge in [0.2, 0.25) is 5.95 Å². The molecule has 7 nitrogen and oxygen atoms in total. The van der Waals surface area contributed by atoms with Gasteiger partial charge in [0.25, 0.3) is 0 Å². The van der Waals surface area contributed by atoms with Crippen LogP contribution in [0.2, 0.25) is 0 Å². The van der Waals surface area contributed by atoms with E-state index in [1.807, 2.05) is 18.3 Å². The summed E-state index contributed by atoms with van der Waals surface area (Å²) in [6, 6.07) is 7.27. The molecule has 0 spiro atoms. The first kappa shape index (κ1) is 17.8. The summed E-state index contributed by atoms with van der Waals surface area (Å²) in [6.45, 7) is 1.93. The molecule has 134 valence electrons. The van der Waals surface area contributed by atoms with Gasteiger partial charge in [0.1, 0.15) is 0 Å². The molecule has 8 heteroatoms. The number of sulfone groups is 1. The predicted molar refractivity (Wildman–Crippen MR) is 96.5 cm³/mol. The Morgan fingerprint density at radius 3 is 2.84 bits per heavy atom. The van der Waals surface area contributed by atoms with Crippen LogP contribution >= 0.6 is 0 Å². The van der Waals surface area contributed by atoms with E-state index in [9.17, 15) is 8.42 Å². The van der Waals surface area contributed by atoms with E-state index in [0.29, 0.717) is 5.95 Å². The summed E-state index contributed by atoms with van der Waals surface area (Å²) >= 11 is 0. The van der Waals surface area contributed by atoms with Crippen molar-refractivity contribution in [1.82, 2.24) is 15.3 Å². The number of nitrogens with one attached hydrogen (secondary N) is 2. The zero-order valence-corrected chi connectivity index (χ0v) is 15.0. The van der Waals surface area contributed by atoms with Gasteiger partial charge >= 0.3 is 0 Å². The monoisotopic (exact) mass is 362 g/mol. The predicted octanol–water partition coefficient (Wildman–Crippen LogP) is 1.43. The molecule has 0 atom stereocenters. The Hall–Kier alpha value is -2.03. The minimum atomic E-state index is -3.16. The summed E-state index contributed by atoms with van der Waals surface area (Å²) in [7, 11) is -1.66. The Balaban J connectivity index is 1.65. The maximum absolute atomic E-state index is 11.9. The lowest BCUT2D eigenvalue weighted by Crippen LogP contribution is -2.25. The smallest absolute Gasteiger partial charge is 0.227 e. The van der Waals surface area contributed by atoms with Crippen molar-refractivity contribution in [2.75, 3.05) is 31.3 Å². The van der Waals surface area contributed by atoms with Crippen molar-refractivity contribution in [1.29, 1.82) is 0 Å². The standard InChI is InChI=1S/C17H22N4O3S/c1-24-8-9-25(22,23)12-13-2-4-15(5-3-13)20-17-19-10-14-6-7-18-11-16(14)21-17/h2-5,10,18H,6-9,11-12H2,1H3,(H,19,20,21). The molecular formula is C17H22N4O3S. The highest BCUT2D eigenvalue weighted by molar-refractivity contribution is 7.90. The Morgan fingerprint density at radius 2 is 2.08 bits per heavy atom. The van der Waals surface area contributed by atoms with Crippen molar-refractivity contribution in [3.8, 4) is 0 Å². The highest BCUT2D eigenvalue weighted by Gasteiger charge is 2.13. The average Bonchev–Trinajstić information content (AvgIpc) is 2.61. The van der Waals surface area contributed by atoms with Crippen molar-refractivity contribution in [3.05, 3.63) is 47.3 Å². The van der Waals surface area contributed by atoms with Crippen molar-refractivity contribution < 1.29 is 13.2 Å². The first-order valence-electron chi connectivity index (χ1n) is 8.16. The largest absolute Gasteiger partial charge is 0.384 e. The van der Waals surface area contributed by atoms with Gasteiger partial charge in [0, 0.05) is 25.5 Å². The fourth-order valence-corrected chi connectivity index (χ4v) is 3.91. The fourth-order valence-electron chi connectivity index (χ4n) is 2.64. The quantitative estimate of drug-likeness (QED) is 0.769. The van der Waals surface area contributed by atoms with Gasteiger partial charge in [-0.3, -0.25) is 0 Å². The van der Waals surface area contributed by atoms with Crippen LogP contribution < -0.4 is 10.6 Å². The third-order valence-electron chi connectivity index (χ3n) is 4.01. The van der Waals surface area contributed by atoms with Gasteiger partial charge in [-0.15, -0.1) is 0 Å². The van der Waals surface area contributed by atoms with Gasteiger partial charge < -0.3 is 15.4 Å². The summed E-state index contributed by atoms with van der Waals surface area (Å²) in [5, 5.41) is 6.45. The second kappa shape index (κ2) is 7.90. The minimum absolute atomic E-state index is 0.0116. The van der Waals surface area contributed by atoms with Crippen molar-refractivity contribution in [2.45, 2.75) is 18.7 Å². The number of benzene rings is 1. The molecule has 1 aliphatic heterocycles. The van der Waals surface area contributed by atoms with Crippen molar-refractivity contribution in [2.24, 2.45) is 0 Å². The van der Waals surface area contributed by atoms with Crippen LogP contribution in [0.25, 0.3) is 0 Å². The maximum atomic E-state index is 11.9. The first-order valence-corrected chi connectivity index (χ1v) is 9.99. The van der Waals surface area contributed by atoms with Crippen molar-refractivity contribution in [3.63, 3.8) is 0 Å². The molecule has 25 heavy (non-hydrogen) atoms. The molecule has 0 saturated heterocycles. The molecule has 0 amide bonds. The van der Waals surface area contributed by atoms with Crippen LogP contribution in [-0.4, -0.2) is 44.4 Å². The number of rotatable bonds is 7. The van der Waals surface area contributed by atoms with E-state index in [1.165, 1.54) is 12.7 Å². The molecule has 0 bridgehead atoms. The normalized spacial score (nSPS) is 14.1. The lowest BCUT2D eigenvalue weighted by molar-refractivity contribution is 0.217. The Kier molecular flexibility index (Phi) is 5.62. The van der Waals surface area contributed by atoms with E-state index in [0.717, 1.165) is 36.5 Å². The molecule has 0 radical (unpaired) electrons. The number of methoxy groups -OCH3 is 1. The SMILES string of the molecule is COCCS(=O)(=O)Cc1ccc(Nc2ncc3c(n2)CNCC3)cc1. The maximum Gasteiger partial charge on any atom is 0.227 e. The number of aromatic nitrogens is 2. The van der Waals surface area contributed by atoms with Crippen LogP contribution in [0.4, 0.5) is 11.6 Å². The van der Waals surface area contributed by atoms with Gasteiger partial charge in [-0.1, -0.05) is 12.1 Å². The van der Waals surface area contributed by atoms with E-state index in [-0.39, 0.29) is 18.1 Å². The number of nitrogens with zero attached hydrogens (tertiary/aromatic N) is 2. The van der Waals surface area contributed by atoms with Crippen LogP contribution in [-0.2, 0) is 33.3 Å². The molecule has 0 saturated carbocycles. The number of fused-ring (bicyclic) bond motifs is 1. The summed E-state index contributed by atoms with van der Waals surface area (Å²) in [5.41, 5.74) is 3.77. The molecule has 0 unspecified atom stereocenters.